The van der Waals surface area contributed by atoms with Crippen molar-refractivity contribution in [1.29, 1.82) is 0 Å². The molecule has 3 nitrogen and oxygen atoms in total. The van der Waals surface area contributed by atoms with Crippen molar-refractivity contribution < 1.29 is 0 Å². The van der Waals surface area contributed by atoms with Crippen molar-refractivity contribution in [3.63, 3.8) is 0 Å². The van der Waals surface area contributed by atoms with Gasteiger partial charge in [-0.1, -0.05) is 25.4 Å². The number of nitrogens with one attached hydrogen (secondary N) is 1. The molecule has 1 aromatic heterocycles. The number of hydrogen-bond donors (Lipinski definition) is 1. The molecule has 0 aliphatic carbocycles. The van der Waals surface area contributed by atoms with Crippen molar-refractivity contribution in [2.24, 2.45) is 5.92 Å². The van der Waals surface area contributed by atoms with Crippen LogP contribution in [0.4, 0.5) is 5.69 Å². The third-order valence-corrected chi connectivity index (χ3v) is 4.60. The van der Waals surface area contributed by atoms with Crippen LogP contribution < -0.4 is 10.2 Å². The molecule has 2 aromatic rings. The monoisotopic (exact) mass is 303 g/mol. The van der Waals surface area contributed by atoms with E-state index in [-0.39, 0.29) is 0 Å². The standard InChI is InChI=1S/C17H22ClN3/c1-12(2)15-11-21(10-4-9-19-15)16-7-6-14(18)13-5-3-8-20-17(13)16/h3,5-8,12,15,19H,4,9-11H2,1-2H3. The first-order chi connectivity index (χ1) is 10.2. The van der Waals surface area contributed by atoms with Crippen molar-refractivity contribution in [2.75, 3.05) is 24.5 Å². The van der Waals surface area contributed by atoms with Crippen LogP contribution >= 0.6 is 11.6 Å². The molecule has 0 spiro atoms. The van der Waals surface area contributed by atoms with E-state index < -0.39 is 0 Å². The second-order valence-electron chi connectivity index (χ2n) is 6.07. The maximum Gasteiger partial charge on any atom is 0.0950 e. The first-order valence-corrected chi connectivity index (χ1v) is 8.06. The highest BCUT2D eigenvalue weighted by molar-refractivity contribution is 6.35. The van der Waals surface area contributed by atoms with Gasteiger partial charge >= 0.3 is 0 Å². The third kappa shape index (κ3) is 2.99. The van der Waals surface area contributed by atoms with Gasteiger partial charge in [-0.3, -0.25) is 4.98 Å². The van der Waals surface area contributed by atoms with E-state index in [1.54, 1.807) is 0 Å². The molecule has 0 bridgehead atoms. The van der Waals surface area contributed by atoms with Crippen molar-refractivity contribution in [2.45, 2.75) is 26.3 Å². The molecule has 112 valence electrons. The maximum atomic E-state index is 6.31. The Morgan fingerprint density at radius 2 is 2.19 bits per heavy atom. The van der Waals surface area contributed by atoms with Crippen molar-refractivity contribution in [3.8, 4) is 0 Å². The number of fused-ring (bicyclic) bond motifs is 1. The van der Waals surface area contributed by atoms with Gasteiger partial charge in [0.2, 0.25) is 0 Å². The van der Waals surface area contributed by atoms with Gasteiger partial charge in [0.25, 0.3) is 0 Å². The van der Waals surface area contributed by atoms with E-state index in [1.807, 2.05) is 24.4 Å². The summed E-state index contributed by atoms with van der Waals surface area (Å²) in [6.45, 7) is 7.71. The molecule has 1 saturated heterocycles. The van der Waals surface area contributed by atoms with Crippen LogP contribution in [-0.2, 0) is 0 Å². The second kappa shape index (κ2) is 6.20. The number of anilines is 1. The first kappa shape index (κ1) is 14.6. The Hall–Kier alpha value is -1.32. The molecule has 1 aliphatic heterocycles. The number of rotatable bonds is 2. The van der Waals surface area contributed by atoms with Crippen LogP contribution in [0.1, 0.15) is 20.3 Å². The fourth-order valence-corrected chi connectivity index (χ4v) is 3.21. The van der Waals surface area contributed by atoms with Crippen LogP contribution in [0.25, 0.3) is 10.9 Å². The molecule has 21 heavy (non-hydrogen) atoms. The Balaban J connectivity index is 2.01. The molecule has 0 saturated carbocycles. The number of nitrogens with zero attached hydrogens (tertiary/aromatic N) is 2. The number of benzene rings is 1. The molecule has 3 rings (SSSR count). The molecular formula is C17H22ClN3. The highest BCUT2D eigenvalue weighted by Crippen LogP contribution is 2.31. The van der Waals surface area contributed by atoms with E-state index in [2.05, 4.69) is 35.1 Å². The quantitative estimate of drug-likeness (QED) is 0.916. The maximum absolute atomic E-state index is 6.31. The van der Waals surface area contributed by atoms with Gasteiger partial charge in [-0.05, 0) is 43.1 Å². The highest BCUT2D eigenvalue weighted by atomic mass is 35.5. The fourth-order valence-electron chi connectivity index (χ4n) is 2.99. The third-order valence-electron chi connectivity index (χ3n) is 4.27. The lowest BCUT2D eigenvalue weighted by Crippen LogP contribution is -2.41. The zero-order chi connectivity index (χ0) is 14.8. The minimum atomic E-state index is 0.516. The normalized spacial score (nSPS) is 20.0. The molecule has 0 radical (unpaired) electrons. The summed E-state index contributed by atoms with van der Waals surface area (Å²) in [5.41, 5.74) is 2.21. The number of halogens is 1. The predicted molar refractivity (Wildman–Crippen MR) is 90.2 cm³/mol. The van der Waals surface area contributed by atoms with E-state index in [0.29, 0.717) is 12.0 Å². The number of aromatic nitrogens is 1. The minimum Gasteiger partial charge on any atom is -0.368 e. The van der Waals surface area contributed by atoms with Crippen LogP contribution in [0.15, 0.2) is 30.5 Å². The summed E-state index contributed by atoms with van der Waals surface area (Å²) < 4.78 is 0. The first-order valence-electron chi connectivity index (χ1n) is 7.68. The average molecular weight is 304 g/mol. The average Bonchev–Trinajstić information content (AvgIpc) is 2.74. The zero-order valence-corrected chi connectivity index (χ0v) is 13.4. The lowest BCUT2D eigenvalue weighted by atomic mass is 10.0. The summed E-state index contributed by atoms with van der Waals surface area (Å²) in [6.07, 6.45) is 3.00. The minimum absolute atomic E-state index is 0.516. The van der Waals surface area contributed by atoms with Gasteiger partial charge < -0.3 is 10.2 Å². The molecule has 0 amide bonds. The Morgan fingerprint density at radius 1 is 1.33 bits per heavy atom. The predicted octanol–water partition coefficient (Wildman–Crippen LogP) is 3.71. The van der Waals surface area contributed by atoms with Gasteiger partial charge in [0.05, 0.1) is 16.2 Å². The van der Waals surface area contributed by atoms with E-state index in [0.717, 1.165) is 42.0 Å². The Bertz CT molecular complexity index is 626. The van der Waals surface area contributed by atoms with Crippen molar-refractivity contribution >= 4 is 28.2 Å². The summed E-state index contributed by atoms with van der Waals surface area (Å²) in [5.74, 6) is 0.622. The molecular weight excluding hydrogens is 282 g/mol. The van der Waals surface area contributed by atoms with Gasteiger partial charge in [-0.25, -0.2) is 0 Å². The molecule has 4 heteroatoms. The van der Waals surface area contributed by atoms with E-state index >= 15 is 0 Å². The van der Waals surface area contributed by atoms with Crippen molar-refractivity contribution in [3.05, 3.63) is 35.5 Å². The molecule has 1 aliphatic rings. The summed E-state index contributed by atoms with van der Waals surface area (Å²) in [4.78, 5) is 7.03. The number of hydrogen-bond acceptors (Lipinski definition) is 3. The van der Waals surface area contributed by atoms with Gasteiger partial charge in [0.1, 0.15) is 0 Å². The lowest BCUT2D eigenvalue weighted by Gasteiger charge is -2.29. The molecule has 1 unspecified atom stereocenters. The lowest BCUT2D eigenvalue weighted by molar-refractivity contribution is 0.420. The van der Waals surface area contributed by atoms with E-state index in [4.69, 9.17) is 11.6 Å². The smallest absolute Gasteiger partial charge is 0.0950 e. The second-order valence-corrected chi connectivity index (χ2v) is 6.48. The summed E-state index contributed by atoms with van der Waals surface area (Å²) >= 11 is 6.31. The Morgan fingerprint density at radius 3 is 3.00 bits per heavy atom. The Kier molecular flexibility index (Phi) is 4.32. The number of pyridine rings is 1. The van der Waals surface area contributed by atoms with Crippen LogP contribution in [0.5, 0.6) is 0 Å². The van der Waals surface area contributed by atoms with Gasteiger partial charge in [-0.15, -0.1) is 0 Å². The summed E-state index contributed by atoms with van der Waals surface area (Å²) in [6, 6.07) is 8.61. The fraction of sp³-hybridized carbons (Fsp3) is 0.471. The van der Waals surface area contributed by atoms with Crippen LogP contribution in [-0.4, -0.2) is 30.7 Å². The van der Waals surface area contributed by atoms with Gasteiger partial charge in [-0.2, -0.15) is 0 Å². The van der Waals surface area contributed by atoms with E-state index in [9.17, 15) is 0 Å². The van der Waals surface area contributed by atoms with Crippen LogP contribution in [0.2, 0.25) is 5.02 Å². The van der Waals surface area contributed by atoms with Crippen molar-refractivity contribution in [1.82, 2.24) is 10.3 Å². The summed E-state index contributed by atoms with van der Waals surface area (Å²) in [7, 11) is 0. The van der Waals surface area contributed by atoms with Gasteiger partial charge in [0, 0.05) is 30.7 Å². The topological polar surface area (TPSA) is 28.2 Å². The zero-order valence-electron chi connectivity index (χ0n) is 12.6. The SMILES string of the molecule is CC(C)C1CN(c2ccc(Cl)c3cccnc23)CCCN1. The highest BCUT2D eigenvalue weighted by Gasteiger charge is 2.22. The molecule has 1 atom stereocenters. The molecule has 1 fully saturated rings. The van der Waals surface area contributed by atoms with Crippen LogP contribution in [0.3, 0.4) is 0 Å². The molecule has 1 aromatic carbocycles. The molecule has 1 N–H and O–H groups in total. The largest absolute Gasteiger partial charge is 0.368 e. The van der Waals surface area contributed by atoms with Gasteiger partial charge in [0.15, 0.2) is 0 Å². The van der Waals surface area contributed by atoms with E-state index in [1.165, 1.54) is 5.69 Å². The van der Waals surface area contributed by atoms with Crippen LogP contribution in [0, 0.1) is 5.92 Å². The summed E-state index contributed by atoms with van der Waals surface area (Å²) in [5, 5.41) is 5.46. The Labute approximate surface area is 131 Å². The molecule has 2 heterocycles.